The van der Waals surface area contributed by atoms with E-state index in [-0.39, 0.29) is 11.6 Å². The van der Waals surface area contributed by atoms with Crippen LogP contribution in [0, 0.1) is 12.7 Å². The lowest BCUT2D eigenvalue weighted by molar-refractivity contribution is -0.129. The fourth-order valence-electron chi connectivity index (χ4n) is 2.05. The predicted octanol–water partition coefficient (Wildman–Crippen LogP) is 3.48. The van der Waals surface area contributed by atoms with Gasteiger partial charge in [-0.2, -0.15) is 0 Å². The maximum atomic E-state index is 13.6. The van der Waals surface area contributed by atoms with E-state index in [1.807, 2.05) is 31.2 Å². The molecule has 0 saturated heterocycles. The molecule has 2 aromatic rings. The molecule has 21 heavy (non-hydrogen) atoms. The number of carbonyl (C=O) groups excluding carboxylic acids is 1. The molecule has 0 radical (unpaired) electrons. The zero-order valence-corrected chi connectivity index (χ0v) is 11.3. The number of aryl methyl sites for hydroxylation is 1. The Morgan fingerprint density at radius 2 is 1.95 bits per heavy atom. The highest BCUT2D eigenvalue weighted by Gasteiger charge is 2.24. The average molecular weight is 281 g/mol. The van der Waals surface area contributed by atoms with E-state index in [0.29, 0.717) is 5.56 Å². The Kier molecular flexibility index (Phi) is 3.36. The van der Waals surface area contributed by atoms with Gasteiger partial charge in [0.15, 0.2) is 5.70 Å². The summed E-state index contributed by atoms with van der Waals surface area (Å²) < 4.78 is 18.7. The molecule has 0 unspecified atom stereocenters. The maximum absolute atomic E-state index is 13.6. The van der Waals surface area contributed by atoms with Gasteiger partial charge in [-0.25, -0.2) is 14.2 Å². The molecule has 0 atom stereocenters. The summed E-state index contributed by atoms with van der Waals surface area (Å²) >= 11 is 0. The van der Waals surface area contributed by atoms with Crippen LogP contribution in [-0.4, -0.2) is 11.9 Å². The summed E-state index contributed by atoms with van der Waals surface area (Å²) in [6.45, 7) is 1.94. The smallest absolute Gasteiger partial charge is 0.363 e. The van der Waals surface area contributed by atoms with Gasteiger partial charge in [-0.3, -0.25) is 0 Å². The van der Waals surface area contributed by atoms with Crippen molar-refractivity contribution in [1.82, 2.24) is 0 Å². The third kappa shape index (κ3) is 2.74. The van der Waals surface area contributed by atoms with Crippen molar-refractivity contribution in [3.63, 3.8) is 0 Å². The molecule has 0 fully saturated rings. The van der Waals surface area contributed by atoms with E-state index in [0.717, 1.165) is 11.1 Å². The molecule has 0 spiro atoms. The second-order valence-electron chi connectivity index (χ2n) is 4.73. The van der Waals surface area contributed by atoms with E-state index in [1.54, 1.807) is 18.2 Å². The van der Waals surface area contributed by atoms with Gasteiger partial charge >= 0.3 is 5.97 Å². The van der Waals surface area contributed by atoms with Gasteiger partial charge in [0, 0.05) is 11.1 Å². The largest absolute Gasteiger partial charge is 0.402 e. The zero-order valence-electron chi connectivity index (χ0n) is 11.3. The van der Waals surface area contributed by atoms with Gasteiger partial charge in [0.1, 0.15) is 5.82 Å². The highest BCUT2D eigenvalue weighted by molar-refractivity contribution is 6.12. The first-order valence-electron chi connectivity index (χ1n) is 6.47. The van der Waals surface area contributed by atoms with E-state index in [9.17, 15) is 9.18 Å². The molecule has 0 amide bonds. The summed E-state index contributed by atoms with van der Waals surface area (Å²) in [5, 5.41) is 0. The van der Waals surface area contributed by atoms with Crippen LogP contribution >= 0.6 is 0 Å². The minimum absolute atomic E-state index is 0.0941. The number of rotatable bonds is 2. The standard InChI is InChI=1S/C17H12FNO2/c1-11-5-4-7-13(9-11)16-19-15(17(20)21-16)10-12-6-2-3-8-14(12)18/h2-10H,1H3/b15-10+. The Bertz CT molecular complexity index is 778. The molecule has 0 bridgehead atoms. The molecular formula is C17H12FNO2. The molecule has 1 aliphatic heterocycles. The second kappa shape index (κ2) is 5.32. The third-order valence-electron chi connectivity index (χ3n) is 3.08. The number of esters is 1. The van der Waals surface area contributed by atoms with Crippen LogP contribution in [0.3, 0.4) is 0 Å². The number of cyclic esters (lactones) is 1. The van der Waals surface area contributed by atoms with Gasteiger partial charge < -0.3 is 4.74 Å². The molecule has 3 rings (SSSR count). The number of aliphatic imine (C=N–C) groups is 1. The molecule has 1 heterocycles. The fourth-order valence-corrected chi connectivity index (χ4v) is 2.05. The molecule has 3 nitrogen and oxygen atoms in total. The molecule has 104 valence electrons. The van der Waals surface area contributed by atoms with Crippen LogP contribution in [0.1, 0.15) is 16.7 Å². The average Bonchev–Trinajstić information content (AvgIpc) is 2.83. The van der Waals surface area contributed by atoms with Crippen LogP contribution in [0.2, 0.25) is 0 Å². The lowest BCUT2D eigenvalue weighted by Crippen LogP contribution is -2.05. The molecular weight excluding hydrogens is 269 g/mol. The van der Waals surface area contributed by atoms with Crippen molar-refractivity contribution in [2.75, 3.05) is 0 Å². The molecule has 1 aliphatic rings. The van der Waals surface area contributed by atoms with Gasteiger partial charge in [-0.15, -0.1) is 0 Å². The number of ether oxygens (including phenoxy) is 1. The first-order valence-corrected chi connectivity index (χ1v) is 6.47. The van der Waals surface area contributed by atoms with Crippen molar-refractivity contribution in [3.05, 3.63) is 76.7 Å². The summed E-state index contributed by atoms with van der Waals surface area (Å²) in [5.41, 5.74) is 2.16. The summed E-state index contributed by atoms with van der Waals surface area (Å²) in [5.74, 6) is -0.738. The number of hydrogen-bond acceptors (Lipinski definition) is 3. The lowest BCUT2D eigenvalue weighted by Gasteiger charge is -1.99. The van der Waals surface area contributed by atoms with Gasteiger partial charge in [-0.05, 0) is 31.2 Å². The van der Waals surface area contributed by atoms with E-state index >= 15 is 0 Å². The normalized spacial score (nSPS) is 16.0. The Labute approximate surface area is 121 Å². The van der Waals surface area contributed by atoms with Crippen LogP contribution in [0.5, 0.6) is 0 Å². The topological polar surface area (TPSA) is 38.7 Å². The first-order chi connectivity index (χ1) is 10.1. The predicted molar refractivity (Wildman–Crippen MR) is 78.2 cm³/mol. The molecule has 4 heteroatoms. The third-order valence-corrected chi connectivity index (χ3v) is 3.08. The number of benzene rings is 2. The Hall–Kier alpha value is -2.75. The van der Waals surface area contributed by atoms with E-state index in [4.69, 9.17) is 4.74 Å². The Morgan fingerprint density at radius 1 is 1.14 bits per heavy atom. The molecule has 0 aliphatic carbocycles. The van der Waals surface area contributed by atoms with Gasteiger partial charge in [0.05, 0.1) is 0 Å². The second-order valence-corrected chi connectivity index (χ2v) is 4.73. The summed E-state index contributed by atoms with van der Waals surface area (Å²) in [6, 6.07) is 13.7. The Balaban J connectivity index is 1.98. The molecule has 0 aromatic heterocycles. The first kappa shape index (κ1) is 13.2. The van der Waals surface area contributed by atoms with Crippen LogP contribution < -0.4 is 0 Å². The van der Waals surface area contributed by atoms with Crippen LogP contribution in [0.25, 0.3) is 6.08 Å². The minimum atomic E-state index is -0.574. The molecule has 0 N–H and O–H groups in total. The fraction of sp³-hybridized carbons (Fsp3) is 0.0588. The summed E-state index contributed by atoms with van der Waals surface area (Å²) in [7, 11) is 0. The van der Waals surface area contributed by atoms with Crippen molar-refractivity contribution < 1.29 is 13.9 Å². The Morgan fingerprint density at radius 3 is 2.71 bits per heavy atom. The van der Waals surface area contributed by atoms with Crippen molar-refractivity contribution in [2.45, 2.75) is 6.92 Å². The highest BCUT2D eigenvalue weighted by atomic mass is 19.1. The van der Waals surface area contributed by atoms with Gasteiger partial charge in [-0.1, -0.05) is 35.9 Å². The van der Waals surface area contributed by atoms with E-state index in [1.165, 1.54) is 12.1 Å². The van der Waals surface area contributed by atoms with E-state index < -0.39 is 11.8 Å². The van der Waals surface area contributed by atoms with Crippen LogP contribution in [0.15, 0.2) is 59.2 Å². The monoisotopic (exact) mass is 281 g/mol. The van der Waals surface area contributed by atoms with Crippen molar-refractivity contribution in [1.29, 1.82) is 0 Å². The van der Waals surface area contributed by atoms with Crippen LogP contribution in [0.4, 0.5) is 4.39 Å². The SMILES string of the molecule is Cc1cccc(C2=N/C(=C/c3ccccc3F)C(=O)O2)c1. The van der Waals surface area contributed by atoms with Gasteiger partial charge in [0.25, 0.3) is 0 Å². The maximum Gasteiger partial charge on any atom is 0.363 e. The zero-order chi connectivity index (χ0) is 14.8. The van der Waals surface area contributed by atoms with Crippen molar-refractivity contribution in [3.8, 4) is 0 Å². The number of nitrogens with zero attached hydrogens (tertiary/aromatic N) is 1. The lowest BCUT2D eigenvalue weighted by atomic mass is 10.1. The molecule has 0 saturated carbocycles. The summed E-state index contributed by atoms with van der Waals surface area (Å²) in [6.07, 6.45) is 1.39. The summed E-state index contributed by atoms with van der Waals surface area (Å²) in [4.78, 5) is 16.0. The molecule has 2 aromatic carbocycles. The number of halogens is 1. The quantitative estimate of drug-likeness (QED) is 0.624. The number of hydrogen-bond donors (Lipinski definition) is 0. The highest BCUT2D eigenvalue weighted by Crippen LogP contribution is 2.20. The van der Waals surface area contributed by atoms with Crippen LogP contribution in [-0.2, 0) is 9.53 Å². The number of carbonyl (C=O) groups is 1. The minimum Gasteiger partial charge on any atom is -0.402 e. The van der Waals surface area contributed by atoms with Crippen molar-refractivity contribution in [2.24, 2.45) is 4.99 Å². The van der Waals surface area contributed by atoms with E-state index in [2.05, 4.69) is 4.99 Å². The van der Waals surface area contributed by atoms with Gasteiger partial charge in [0.2, 0.25) is 5.90 Å². The van der Waals surface area contributed by atoms with Crippen molar-refractivity contribution >= 4 is 17.9 Å².